The third-order valence-corrected chi connectivity index (χ3v) is 3.62. The normalized spacial score (nSPS) is 12.3. The highest BCUT2D eigenvalue weighted by atomic mass is 35.5. The van der Waals surface area contributed by atoms with E-state index in [9.17, 15) is 10.1 Å². The van der Waals surface area contributed by atoms with Crippen LogP contribution in [0.25, 0.3) is 0 Å². The monoisotopic (exact) mass is 308 g/mol. The molecule has 1 heterocycles. The second kappa shape index (κ2) is 6.69. The molecule has 112 valence electrons. The van der Waals surface area contributed by atoms with Crippen LogP contribution < -0.4 is 5.32 Å². The Morgan fingerprint density at radius 2 is 2.29 bits per heavy atom. The lowest BCUT2D eigenvalue weighted by Gasteiger charge is -2.10. The number of nitro groups is 1. The van der Waals surface area contributed by atoms with Crippen LogP contribution in [0.15, 0.2) is 30.6 Å². The van der Waals surface area contributed by atoms with Crippen LogP contribution in [-0.4, -0.2) is 21.8 Å². The van der Waals surface area contributed by atoms with Crippen molar-refractivity contribution in [2.24, 2.45) is 0 Å². The van der Waals surface area contributed by atoms with E-state index < -0.39 is 4.92 Å². The molecule has 0 amide bonds. The van der Waals surface area contributed by atoms with E-state index in [0.29, 0.717) is 17.1 Å². The Bertz CT molecular complexity index is 638. The Labute approximate surface area is 127 Å². The van der Waals surface area contributed by atoms with Gasteiger partial charge in [-0.2, -0.15) is 5.10 Å². The lowest BCUT2D eigenvalue weighted by molar-refractivity contribution is -0.385. The highest BCUT2D eigenvalue weighted by Gasteiger charge is 2.16. The maximum Gasteiger partial charge on any atom is 0.275 e. The fourth-order valence-corrected chi connectivity index (χ4v) is 2.43. The number of hydrogen-bond donors (Lipinski definition) is 1. The summed E-state index contributed by atoms with van der Waals surface area (Å²) >= 11 is 5.81. The van der Waals surface area contributed by atoms with Crippen molar-refractivity contribution in [2.45, 2.75) is 25.9 Å². The third-order valence-electron chi connectivity index (χ3n) is 3.39. The molecule has 1 aromatic heterocycles. The van der Waals surface area contributed by atoms with E-state index in [1.54, 1.807) is 23.0 Å². The van der Waals surface area contributed by atoms with E-state index in [0.717, 1.165) is 12.0 Å². The van der Waals surface area contributed by atoms with Gasteiger partial charge in [-0.3, -0.25) is 14.8 Å². The van der Waals surface area contributed by atoms with Gasteiger partial charge in [0.1, 0.15) is 0 Å². The van der Waals surface area contributed by atoms with Crippen LogP contribution in [-0.2, 0) is 6.54 Å². The van der Waals surface area contributed by atoms with Gasteiger partial charge in [-0.25, -0.2) is 0 Å². The Balaban J connectivity index is 2.25. The average molecular weight is 309 g/mol. The number of nitrogens with zero attached hydrogens (tertiary/aromatic N) is 3. The first-order valence-corrected chi connectivity index (χ1v) is 7.05. The molecule has 1 atom stereocenters. The first-order valence-electron chi connectivity index (χ1n) is 6.67. The highest BCUT2D eigenvalue weighted by Crippen LogP contribution is 2.24. The molecule has 0 spiro atoms. The van der Waals surface area contributed by atoms with Crippen LogP contribution >= 0.6 is 11.6 Å². The number of halogens is 1. The summed E-state index contributed by atoms with van der Waals surface area (Å²) in [6, 6.07) is 4.91. The molecule has 0 bridgehead atoms. The maximum absolute atomic E-state index is 11.1. The Kier molecular flexibility index (Phi) is 4.93. The SMILES string of the molecule is CCC(NC)c1cnn(Cc2ccc(Cl)cc2[N+](=O)[O-])c1. The van der Waals surface area contributed by atoms with E-state index in [1.807, 2.05) is 13.2 Å². The Hall–Kier alpha value is -1.92. The number of rotatable bonds is 6. The van der Waals surface area contributed by atoms with Gasteiger partial charge in [0.2, 0.25) is 0 Å². The minimum Gasteiger partial charge on any atom is -0.313 e. The van der Waals surface area contributed by atoms with Gasteiger partial charge in [-0.05, 0) is 25.6 Å². The standard InChI is InChI=1S/C14H17ClN4O2/c1-3-13(16-2)11-7-17-18(9-11)8-10-4-5-12(15)6-14(10)19(20)21/h4-7,9,13,16H,3,8H2,1-2H3. The van der Waals surface area contributed by atoms with Gasteiger partial charge in [0, 0.05) is 28.9 Å². The second-order valence-electron chi connectivity index (χ2n) is 4.75. The first-order chi connectivity index (χ1) is 10.0. The molecule has 1 aromatic carbocycles. The molecule has 2 aromatic rings. The Morgan fingerprint density at radius 1 is 1.52 bits per heavy atom. The molecule has 2 rings (SSSR count). The van der Waals surface area contributed by atoms with Gasteiger partial charge in [0.15, 0.2) is 0 Å². The summed E-state index contributed by atoms with van der Waals surface area (Å²) < 4.78 is 1.70. The van der Waals surface area contributed by atoms with Crippen molar-refractivity contribution >= 4 is 17.3 Å². The molecule has 0 radical (unpaired) electrons. The molecule has 0 aliphatic heterocycles. The molecule has 0 fully saturated rings. The summed E-state index contributed by atoms with van der Waals surface area (Å²) in [5.41, 5.74) is 1.66. The number of hydrogen-bond acceptors (Lipinski definition) is 4. The van der Waals surface area contributed by atoms with E-state index in [-0.39, 0.29) is 11.7 Å². The quantitative estimate of drug-likeness (QED) is 0.657. The summed E-state index contributed by atoms with van der Waals surface area (Å²) in [4.78, 5) is 10.7. The van der Waals surface area contributed by atoms with Crippen LogP contribution in [0.4, 0.5) is 5.69 Å². The third kappa shape index (κ3) is 3.59. The maximum atomic E-state index is 11.1. The average Bonchev–Trinajstić information content (AvgIpc) is 2.90. The first kappa shape index (κ1) is 15.5. The van der Waals surface area contributed by atoms with Crippen LogP contribution in [0.3, 0.4) is 0 Å². The summed E-state index contributed by atoms with van der Waals surface area (Å²) in [5, 5.41) is 18.9. The molecule has 1 N–H and O–H groups in total. The topological polar surface area (TPSA) is 73.0 Å². The number of nitro benzene ring substituents is 1. The number of nitrogens with one attached hydrogen (secondary N) is 1. The highest BCUT2D eigenvalue weighted by molar-refractivity contribution is 6.30. The molecule has 6 nitrogen and oxygen atoms in total. The fourth-order valence-electron chi connectivity index (χ4n) is 2.27. The van der Waals surface area contributed by atoms with Gasteiger partial charge in [-0.1, -0.05) is 18.5 Å². The van der Waals surface area contributed by atoms with Crippen molar-refractivity contribution in [3.05, 3.63) is 56.9 Å². The fraction of sp³-hybridized carbons (Fsp3) is 0.357. The van der Waals surface area contributed by atoms with Crippen molar-refractivity contribution in [1.29, 1.82) is 0 Å². The van der Waals surface area contributed by atoms with Gasteiger partial charge < -0.3 is 5.32 Å². The lowest BCUT2D eigenvalue weighted by Crippen LogP contribution is -2.14. The molecular formula is C14H17ClN4O2. The summed E-state index contributed by atoms with van der Waals surface area (Å²) in [6.45, 7) is 2.43. The van der Waals surface area contributed by atoms with E-state index in [2.05, 4.69) is 17.3 Å². The summed E-state index contributed by atoms with van der Waals surface area (Å²) in [5.74, 6) is 0. The van der Waals surface area contributed by atoms with Gasteiger partial charge in [0.25, 0.3) is 5.69 Å². The number of aromatic nitrogens is 2. The zero-order chi connectivity index (χ0) is 15.4. The lowest BCUT2D eigenvalue weighted by atomic mass is 10.1. The molecular weight excluding hydrogens is 292 g/mol. The molecule has 1 unspecified atom stereocenters. The molecule has 21 heavy (non-hydrogen) atoms. The van der Waals surface area contributed by atoms with E-state index in [1.165, 1.54) is 6.07 Å². The molecule has 0 aliphatic carbocycles. The predicted octanol–water partition coefficient (Wildman–Crippen LogP) is 3.16. The van der Waals surface area contributed by atoms with Gasteiger partial charge >= 0.3 is 0 Å². The minimum absolute atomic E-state index is 0.0141. The molecule has 0 saturated heterocycles. The van der Waals surface area contributed by atoms with Crippen LogP contribution in [0, 0.1) is 10.1 Å². The van der Waals surface area contributed by atoms with Crippen molar-refractivity contribution < 1.29 is 4.92 Å². The molecule has 0 saturated carbocycles. The summed E-state index contributed by atoms with van der Waals surface area (Å²) in [6.07, 6.45) is 4.64. The zero-order valence-electron chi connectivity index (χ0n) is 11.9. The van der Waals surface area contributed by atoms with Crippen LogP contribution in [0.5, 0.6) is 0 Å². The van der Waals surface area contributed by atoms with Crippen molar-refractivity contribution in [1.82, 2.24) is 15.1 Å². The van der Waals surface area contributed by atoms with Crippen LogP contribution in [0.2, 0.25) is 5.02 Å². The largest absolute Gasteiger partial charge is 0.313 e. The number of benzene rings is 1. The van der Waals surface area contributed by atoms with Crippen molar-refractivity contribution in [3.63, 3.8) is 0 Å². The van der Waals surface area contributed by atoms with Crippen LogP contribution in [0.1, 0.15) is 30.5 Å². The van der Waals surface area contributed by atoms with E-state index in [4.69, 9.17) is 11.6 Å². The van der Waals surface area contributed by atoms with E-state index >= 15 is 0 Å². The smallest absolute Gasteiger partial charge is 0.275 e. The van der Waals surface area contributed by atoms with Gasteiger partial charge in [0.05, 0.1) is 23.2 Å². The van der Waals surface area contributed by atoms with Crippen molar-refractivity contribution in [2.75, 3.05) is 7.05 Å². The molecule has 0 aliphatic rings. The second-order valence-corrected chi connectivity index (χ2v) is 5.19. The minimum atomic E-state index is -0.423. The zero-order valence-corrected chi connectivity index (χ0v) is 12.7. The Morgan fingerprint density at radius 3 is 2.90 bits per heavy atom. The summed E-state index contributed by atoms with van der Waals surface area (Å²) in [7, 11) is 1.90. The molecule has 7 heteroatoms. The predicted molar refractivity (Wildman–Crippen MR) is 81.5 cm³/mol. The van der Waals surface area contributed by atoms with Crippen molar-refractivity contribution in [3.8, 4) is 0 Å². The van der Waals surface area contributed by atoms with Gasteiger partial charge in [-0.15, -0.1) is 0 Å².